The first-order valence-corrected chi connectivity index (χ1v) is 16.2. The van der Waals surface area contributed by atoms with E-state index in [-0.39, 0.29) is 11.8 Å². The summed E-state index contributed by atoms with van der Waals surface area (Å²) in [4.78, 5) is 12.5. The largest absolute Gasteiger partial charge is 0.481 e. The van der Waals surface area contributed by atoms with Gasteiger partial charge >= 0.3 is 5.97 Å². The third-order valence-corrected chi connectivity index (χ3v) is 8.74. The molecular formula is C33H66O2. The van der Waals surface area contributed by atoms with Crippen molar-refractivity contribution in [3.05, 3.63) is 0 Å². The minimum absolute atomic E-state index is 0.200. The molecule has 0 amide bonds. The Morgan fingerprint density at radius 1 is 0.543 bits per heavy atom. The molecule has 0 aliphatic carbocycles. The van der Waals surface area contributed by atoms with Crippen molar-refractivity contribution in [1.82, 2.24) is 0 Å². The lowest BCUT2D eigenvalue weighted by molar-refractivity contribution is -0.157. The lowest BCUT2D eigenvalue weighted by atomic mass is 9.64. The van der Waals surface area contributed by atoms with Crippen molar-refractivity contribution in [2.75, 3.05) is 0 Å². The average molecular weight is 495 g/mol. The first-order valence-electron chi connectivity index (χ1n) is 16.2. The number of carboxylic acid groups (broad SMARTS) is 1. The average Bonchev–Trinajstić information content (AvgIpc) is 2.82. The van der Waals surface area contributed by atoms with E-state index in [0.29, 0.717) is 0 Å². The number of carboxylic acids is 1. The van der Waals surface area contributed by atoms with E-state index in [0.717, 1.165) is 19.3 Å². The van der Waals surface area contributed by atoms with E-state index in [1.807, 2.05) is 0 Å². The quantitative estimate of drug-likeness (QED) is 0.115. The molecule has 2 nitrogen and oxygen atoms in total. The number of hydrogen-bond acceptors (Lipinski definition) is 1. The second-order valence-corrected chi connectivity index (χ2v) is 12.0. The number of carbonyl (C=O) groups is 1. The Balaban J connectivity index is 4.07. The maximum Gasteiger partial charge on any atom is 0.310 e. The van der Waals surface area contributed by atoms with Gasteiger partial charge in [-0.05, 0) is 24.7 Å². The number of aliphatic carboxylic acids is 1. The highest BCUT2D eigenvalue weighted by molar-refractivity contribution is 5.75. The molecular weight excluding hydrogens is 428 g/mol. The molecule has 0 aromatic carbocycles. The van der Waals surface area contributed by atoms with Crippen molar-refractivity contribution in [3.63, 3.8) is 0 Å². The molecule has 0 fully saturated rings. The summed E-state index contributed by atoms with van der Waals surface area (Å²) >= 11 is 0. The highest BCUT2D eigenvalue weighted by Crippen LogP contribution is 2.43. The number of unbranched alkanes of at least 4 members (excludes halogenated alkanes) is 20. The molecule has 0 aliphatic heterocycles. The highest BCUT2D eigenvalue weighted by atomic mass is 16.4. The summed E-state index contributed by atoms with van der Waals surface area (Å²) < 4.78 is 0. The molecule has 2 heteroatoms. The van der Waals surface area contributed by atoms with Crippen LogP contribution in [0.15, 0.2) is 0 Å². The van der Waals surface area contributed by atoms with Gasteiger partial charge in [-0.2, -0.15) is 0 Å². The Bertz CT molecular complexity index is 458. The minimum atomic E-state index is -0.547. The lowest BCUT2D eigenvalue weighted by Crippen LogP contribution is -2.42. The Morgan fingerprint density at radius 2 is 0.857 bits per heavy atom. The fourth-order valence-electron chi connectivity index (χ4n) is 6.12. The van der Waals surface area contributed by atoms with Gasteiger partial charge in [0, 0.05) is 0 Å². The first kappa shape index (κ1) is 34.5. The van der Waals surface area contributed by atoms with E-state index in [1.54, 1.807) is 0 Å². The molecule has 35 heavy (non-hydrogen) atoms. The first-order chi connectivity index (χ1) is 16.9. The van der Waals surface area contributed by atoms with E-state index in [9.17, 15) is 9.90 Å². The third kappa shape index (κ3) is 16.8. The zero-order valence-corrected chi connectivity index (χ0v) is 25.0. The molecule has 0 rings (SSSR count). The Kier molecular flexibility index (Phi) is 23.5. The molecule has 0 saturated heterocycles. The van der Waals surface area contributed by atoms with Crippen molar-refractivity contribution in [3.8, 4) is 0 Å². The van der Waals surface area contributed by atoms with Gasteiger partial charge in [0.05, 0.1) is 5.41 Å². The van der Waals surface area contributed by atoms with Crippen LogP contribution in [0.5, 0.6) is 0 Å². The Hall–Kier alpha value is -0.530. The molecule has 0 spiro atoms. The van der Waals surface area contributed by atoms with Crippen LogP contribution in [0.25, 0.3) is 0 Å². The monoisotopic (exact) mass is 495 g/mol. The van der Waals surface area contributed by atoms with E-state index >= 15 is 0 Å². The van der Waals surface area contributed by atoms with Crippen LogP contribution in [0.4, 0.5) is 0 Å². The van der Waals surface area contributed by atoms with Crippen LogP contribution < -0.4 is 0 Å². The van der Waals surface area contributed by atoms with Crippen molar-refractivity contribution >= 4 is 5.97 Å². The zero-order valence-electron chi connectivity index (χ0n) is 25.0. The normalized spacial score (nSPS) is 14.3. The summed E-state index contributed by atoms with van der Waals surface area (Å²) in [6.07, 6.45) is 31.4. The summed E-state index contributed by atoms with van der Waals surface area (Å²) in [5.74, 6) is -0.0815. The maximum absolute atomic E-state index is 12.5. The van der Waals surface area contributed by atoms with Gasteiger partial charge in [-0.15, -0.1) is 0 Å². The van der Waals surface area contributed by atoms with Crippen LogP contribution in [0, 0.1) is 17.3 Å². The smallest absolute Gasteiger partial charge is 0.310 e. The summed E-state index contributed by atoms with van der Waals surface area (Å²) in [5.41, 5.74) is -0.543. The molecule has 0 radical (unpaired) electrons. The van der Waals surface area contributed by atoms with Gasteiger partial charge in [0.2, 0.25) is 0 Å². The molecule has 2 atom stereocenters. The van der Waals surface area contributed by atoms with Crippen LogP contribution in [-0.2, 0) is 4.79 Å². The van der Waals surface area contributed by atoms with Gasteiger partial charge in [-0.1, -0.05) is 176 Å². The maximum atomic E-state index is 12.5. The van der Waals surface area contributed by atoms with E-state index < -0.39 is 11.4 Å². The zero-order chi connectivity index (χ0) is 26.2. The second kappa shape index (κ2) is 23.8. The summed E-state index contributed by atoms with van der Waals surface area (Å²) in [6.45, 7) is 11.1. The molecule has 1 N–H and O–H groups in total. The van der Waals surface area contributed by atoms with Crippen LogP contribution in [0.3, 0.4) is 0 Å². The van der Waals surface area contributed by atoms with Crippen LogP contribution in [0.2, 0.25) is 0 Å². The van der Waals surface area contributed by atoms with Gasteiger partial charge in [0.1, 0.15) is 0 Å². The molecule has 0 heterocycles. The van der Waals surface area contributed by atoms with Crippen molar-refractivity contribution < 1.29 is 9.90 Å². The molecule has 0 aromatic heterocycles. The van der Waals surface area contributed by atoms with Gasteiger partial charge < -0.3 is 5.11 Å². The summed E-state index contributed by atoms with van der Waals surface area (Å²) in [5, 5.41) is 10.3. The predicted molar refractivity (Wildman–Crippen MR) is 156 cm³/mol. The van der Waals surface area contributed by atoms with Gasteiger partial charge in [-0.3, -0.25) is 4.79 Å². The molecule has 2 unspecified atom stereocenters. The molecule has 0 aromatic rings. The van der Waals surface area contributed by atoms with Crippen molar-refractivity contribution in [2.24, 2.45) is 17.3 Å². The predicted octanol–water partition coefficient (Wildman–Crippen LogP) is 11.8. The Morgan fingerprint density at radius 3 is 1.17 bits per heavy atom. The third-order valence-electron chi connectivity index (χ3n) is 8.74. The van der Waals surface area contributed by atoms with Crippen LogP contribution in [0.1, 0.15) is 189 Å². The standard InChI is InChI=1S/C33H66O2/c1-6-8-10-12-14-16-17-18-19-20-22-24-26-28-31(5)33(30(3)4,32(34)35)29-27-25-23-21-15-13-11-9-7-2/h30-31H,6-29H2,1-5H3,(H,34,35). The highest BCUT2D eigenvalue weighted by Gasteiger charge is 2.45. The molecule has 0 saturated carbocycles. The number of hydrogen-bond donors (Lipinski definition) is 1. The van der Waals surface area contributed by atoms with Crippen molar-refractivity contribution in [1.29, 1.82) is 0 Å². The molecule has 0 bridgehead atoms. The SMILES string of the molecule is CCCCCCCCCCCCCCCC(C)C(CCCCCCCCCCC)(C(=O)O)C(C)C. The summed E-state index contributed by atoms with van der Waals surface area (Å²) in [6, 6.07) is 0. The topological polar surface area (TPSA) is 37.3 Å². The van der Waals surface area contributed by atoms with E-state index in [4.69, 9.17) is 0 Å². The van der Waals surface area contributed by atoms with Gasteiger partial charge in [0.25, 0.3) is 0 Å². The van der Waals surface area contributed by atoms with Gasteiger partial charge in [-0.25, -0.2) is 0 Å². The number of rotatable bonds is 27. The van der Waals surface area contributed by atoms with E-state index in [1.165, 1.54) is 135 Å². The lowest BCUT2D eigenvalue weighted by Gasteiger charge is -2.39. The molecule has 210 valence electrons. The second-order valence-electron chi connectivity index (χ2n) is 12.0. The summed E-state index contributed by atoms with van der Waals surface area (Å²) in [7, 11) is 0. The molecule has 0 aliphatic rings. The fraction of sp³-hybridized carbons (Fsp3) is 0.970. The van der Waals surface area contributed by atoms with E-state index in [2.05, 4.69) is 34.6 Å². The fourth-order valence-corrected chi connectivity index (χ4v) is 6.12. The minimum Gasteiger partial charge on any atom is -0.481 e. The van der Waals surface area contributed by atoms with Crippen LogP contribution in [-0.4, -0.2) is 11.1 Å². The van der Waals surface area contributed by atoms with Crippen LogP contribution >= 0.6 is 0 Å². The Labute approximate surface area is 221 Å². The van der Waals surface area contributed by atoms with Gasteiger partial charge in [0.15, 0.2) is 0 Å². The van der Waals surface area contributed by atoms with Crippen molar-refractivity contribution in [2.45, 2.75) is 189 Å².